The SMILES string of the molecule is COC(=O)[C@@H]1Cc2c([nH]c3ccccc23)[C@@H]2C[C@@H](NCCO)C[C@@H](c3ccc(OC(F)(F)F)cc3)N12. The maximum atomic E-state index is 13.1. The molecule has 0 saturated carbocycles. The number of hydrogen-bond acceptors (Lipinski definition) is 6. The molecule has 7 nitrogen and oxygen atoms in total. The zero-order valence-corrected chi connectivity index (χ0v) is 19.7. The van der Waals surface area contributed by atoms with Crippen LogP contribution < -0.4 is 10.1 Å². The molecule has 10 heteroatoms. The molecule has 2 aliphatic rings. The highest BCUT2D eigenvalue weighted by Crippen LogP contribution is 2.49. The molecular formula is C26H28F3N3O4. The normalized spacial score (nSPS) is 24.2. The number of aromatic amines is 1. The molecule has 192 valence electrons. The van der Waals surface area contributed by atoms with Crippen molar-refractivity contribution in [2.75, 3.05) is 20.3 Å². The topological polar surface area (TPSA) is 86.8 Å². The van der Waals surface area contributed by atoms with Crippen LogP contribution in [0.15, 0.2) is 48.5 Å². The molecule has 0 radical (unpaired) electrons. The standard InChI is InChI=1S/C26H28F3N3O4/c1-35-25(34)23-14-19-18-4-2-3-5-20(18)31-24(19)22-13-16(30-10-11-33)12-21(32(22)23)15-6-8-17(9-7-15)36-26(27,28)29/h2-9,16,21-23,30-31,33H,10-14H2,1H3/t16-,21-,22-,23-/m0/s1. The molecule has 2 aromatic carbocycles. The Bertz CT molecular complexity index is 1230. The van der Waals surface area contributed by atoms with E-state index in [0.717, 1.165) is 27.7 Å². The Morgan fingerprint density at radius 1 is 1.14 bits per heavy atom. The molecule has 1 saturated heterocycles. The van der Waals surface area contributed by atoms with Crippen molar-refractivity contribution in [3.8, 4) is 5.75 Å². The zero-order chi connectivity index (χ0) is 25.4. The lowest BCUT2D eigenvalue weighted by Gasteiger charge is -2.50. The Hall–Kier alpha value is -3.08. The molecule has 3 aromatic rings. The number of halogens is 3. The van der Waals surface area contributed by atoms with Gasteiger partial charge in [-0.25, -0.2) is 0 Å². The predicted molar refractivity (Wildman–Crippen MR) is 126 cm³/mol. The number of benzene rings is 2. The van der Waals surface area contributed by atoms with Crippen LogP contribution in [0, 0.1) is 0 Å². The number of hydrogen-bond donors (Lipinski definition) is 3. The Kier molecular flexibility index (Phi) is 6.67. The minimum atomic E-state index is -4.77. The van der Waals surface area contributed by atoms with Crippen LogP contribution in [-0.2, 0) is 16.0 Å². The monoisotopic (exact) mass is 503 g/mol. The van der Waals surface area contributed by atoms with Crippen LogP contribution in [0.4, 0.5) is 13.2 Å². The van der Waals surface area contributed by atoms with Gasteiger partial charge in [0.2, 0.25) is 0 Å². The number of alkyl halides is 3. The molecule has 0 aliphatic carbocycles. The number of carbonyl (C=O) groups is 1. The van der Waals surface area contributed by atoms with Crippen molar-refractivity contribution in [3.63, 3.8) is 0 Å². The maximum Gasteiger partial charge on any atom is 0.573 e. The summed E-state index contributed by atoms with van der Waals surface area (Å²) in [6, 6.07) is 12.8. The van der Waals surface area contributed by atoms with Gasteiger partial charge in [-0.3, -0.25) is 9.69 Å². The van der Waals surface area contributed by atoms with Gasteiger partial charge >= 0.3 is 12.3 Å². The predicted octanol–water partition coefficient (Wildman–Crippen LogP) is 3.99. The van der Waals surface area contributed by atoms with Crippen molar-refractivity contribution in [1.29, 1.82) is 0 Å². The van der Waals surface area contributed by atoms with E-state index < -0.39 is 12.4 Å². The molecule has 0 unspecified atom stereocenters. The minimum absolute atomic E-state index is 0.0125. The first kappa shape index (κ1) is 24.6. The lowest BCUT2D eigenvalue weighted by Crippen LogP contribution is -2.55. The van der Waals surface area contributed by atoms with Gasteiger partial charge in [-0.1, -0.05) is 30.3 Å². The number of para-hydroxylation sites is 1. The highest BCUT2D eigenvalue weighted by atomic mass is 19.4. The molecule has 2 aliphatic heterocycles. The van der Waals surface area contributed by atoms with Crippen LogP contribution in [-0.4, -0.2) is 59.7 Å². The highest BCUT2D eigenvalue weighted by Gasteiger charge is 2.48. The number of nitrogens with zero attached hydrogens (tertiary/aromatic N) is 1. The first-order valence-electron chi connectivity index (χ1n) is 11.9. The number of aromatic nitrogens is 1. The summed E-state index contributed by atoms with van der Waals surface area (Å²) >= 11 is 0. The zero-order valence-electron chi connectivity index (χ0n) is 19.7. The number of esters is 1. The van der Waals surface area contributed by atoms with Crippen LogP contribution in [0.5, 0.6) is 5.75 Å². The molecule has 3 N–H and O–H groups in total. The van der Waals surface area contributed by atoms with Crippen LogP contribution >= 0.6 is 0 Å². The number of ether oxygens (including phenoxy) is 2. The van der Waals surface area contributed by atoms with Crippen molar-refractivity contribution in [3.05, 3.63) is 65.4 Å². The summed E-state index contributed by atoms with van der Waals surface area (Å²) in [7, 11) is 1.37. The first-order chi connectivity index (χ1) is 17.3. The first-order valence-corrected chi connectivity index (χ1v) is 11.9. The summed E-state index contributed by atoms with van der Waals surface area (Å²) in [6.45, 7) is 0.407. The summed E-state index contributed by atoms with van der Waals surface area (Å²) in [5.74, 6) is -0.644. The van der Waals surface area contributed by atoms with E-state index in [0.29, 0.717) is 25.8 Å². The number of methoxy groups -OCH3 is 1. The van der Waals surface area contributed by atoms with Crippen molar-refractivity contribution < 1.29 is 32.5 Å². The Morgan fingerprint density at radius 2 is 1.86 bits per heavy atom. The largest absolute Gasteiger partial charge is 0.573 e. The van der Waals surface area contributed by atoms with Gasteiger partial charge in [-0.05, 0) is 42.2 Å². The second-order valence-electron chi connectivity index (χ2n) is 9.25. The summed E-state index contributed by atoms with van der Waals surface area (Å²) in [5.41, 5.74) is 3.88. The van der Waals surface area contributed by atoms with Gasteiger partial charge in [0.15, 0.2) is 0 Å². The highest BCUT2D eigenvalue weighted by molar-refractivity contribution is 5.87. The van der Waals surface area contributed by atoms with Crippen molar-refractivity contribution in [1.82, 2.24) is 15.2 Å². The van der Waals surface area contributed by atoms with Gasteiger partial charge in [0.05, 0.1) is 19.8 Å². The van der Waals surface area contributed by atoms with Gasteiger partial charge < -0.3 is 24.9 Å². The molecule has 36 heavy (non-hydrogen) atoms. The second-order valence-corrected chi connectivity index (χ2v) is 9.25. The Labute approximate surface area is 206 Å². The van der Waals surface area contributed by atoms with Gasteiger partial charge in [0.25, 0.3) is 0 Å². The number of nitrogens with one attached hydrogen (secondary N) is 2. The van der Waals surface area contributed by atoms with Crippen molar-refractivity contribution in [2.45, 2.75) is 49.8 Å². The molecular weight excluding hydrogens is 475 g/mol. The number of piperidine rings is 1. The minimum Gasteiger partial charge on any atom is -0.468 e. The van der Waals surface area contributed by atoms with Crippen LogP contribution in [0.2, 0.25) is 0 Å². The van der Waals surface area contributed by atoms with Crippen molar-refractivity contribution in [2.24, 2.45) is 0 Å². The van der Waals surface area contributed by atoms with E-state index in [-0.39, 0.29) is 36.5 Å². The fourth-order valence-corrected chi connectivity index (χ4v) is 5.80. The summed E-state index contributed by atoms with van der Waals surface area (Å²) < 4.78 is 47.3. The number of rotatable bonds is 6. The number of carbonyl (C=O) groups excluding carboxylic acids is 1. The summed E-state index contributed by atoms with van der Waals surface area (Å²) in [4.78, 5) is 18.8. The van der Waals surface area contributed by atoms with Gasteiger partial charge in [0, 0.05) is 41.6 Å². The lowest BCUT2D eigenvalue weighted by molar-refractivity contribution is -0.274. The Balaban J connectivity index is 1.58. The molecule has 3 heterocycles. The molecule has 1 fully saturated rings. The third-order valence-corrected chi connectivity index (χ3v) is 7.19. The van der Waals surface area contributed by atoms with E-state index in [2.05, 4.69) is 19.9 Å². The smallest absolute Gasteiger partial charge is 0.468 e. The molecule has 5 rings (SSSR count). The molecule has 4 atom stereocenters. The molecule has 0 bridgehead atoms. The van der Waals surface area contributed by atoms with Gasteiger partial charge in [0.1, 0.15) is 11.8 Å². The van der Waals surface area contributed by atoms with Gasteiger partial charge in [-0.15, -0.1) is 13.2 Å². The van der Waals surface area contributed by atoms with Crippen LogP contribution in [0.1, 0.15) is 41.7 Å². The fraction of sp³-hybridized carbons (Fsp3) is 0.423. The maximum absolute atomic E-state index is 13.1. The van der Waals surface area contributed by atoms with E-state index >= 15 is 0 Å². The molecule has 0 amide bonds. The van der Waals surface area contributed by atoms with Crippen molar-refractivity contribution >= 4 is 16.9 Å². The fourth-order valence-electron chi connectivity index (χ4n) is 5.80. The lowest BCUT2D eigenvalue weighted by atomic mass is 9.79. The number of aliphatic hydroxyl groups excluding tert-OH is 1. The average Bonchev–Trinajstić information content (AvgIpc) is 3.24. The molecule has 0 spiro atoms. The second kappa shape index (κ2) is 9.76. The third kappa shape index (κ3) is 4.68. The van der Waals surface area contributed by atoms with E-state index in [9.17, 15) is 23.1 Å². The average molecular weight is 504 g/mol. The van der Waals surface area contributed by atoms with Crippen LogP contribution in [0.3, 0.4) is 0 Å². The summed E-state index contributed by atoms with van der Waals surface area (Å²) in [6.07, 6.45) is -3.01. The van der Waals surface area contributed by atoms with E-state index in [1.54, 1.807) is 12.1 Å². The third-order valence-electron chi connectivity index (χ3n) is 7.19. The van der Waals surface area contributed by atoms with Crippen LogP contribution in [0.25, 0.3) is 10.9 Å². The van der Waals surface area contributed by atoms with E-state index in [1.807, 2.05) is 24.3 Å². The Morgan fingerprint density at radius 3 is 2.56 bits per heavy atom. The quantitative estimate of drug-likeness (QED) is 0.441. The van der Waals surface area contributed by atoms with E-state index in [1.165, 1.54) is 19.2 Å². The van der Waals surface area contributed by atoms with E-state index in [4.69, 9.17) is 4.74 Å². The number of aliphatic hydroxyl groups is 1. The summed E-state index contributed by atoms with van der Waals surface area (Å²) in [5, 5.41) is 13.8. The number of H-pyrrole nitrogens is 1. The molecule has 1 aromatic heterocycles. The van der Waals surface area contributed by atoms with Gasteiger partial charge in [-0.2, -0.15) is 0 Å². The number of fused-ring (bicyclic) bond motifs is 5.